The first-order valence-electron chi connectivity index (χ1n) is 4.66. The molecule has 0 fully saturated rings. The minimum Gasteiger partial charge on any atom is -0.303 e. The van der Waals surface area contributed by atoms with Crippen LogP contribution >= 0.6 is 0 Å². The summed E-state index contributed by atoms with van der Waals surface area (Å²) >= 11 is 0. The summed E-state index contributed by atoms with van der Waals surface area (Å²) in [5.41, 5.74) is 0. The normalized spacial score (nSPS) is 13.5. The van der Waals surface area contributed by atoms with Crippen molar-refractivity contribution in [2.24, 2.45) is 11.8 Å². The fourth-order valence-corrected chi connectivity index (χ4v) is 1.47. The molecule has 0 N–H and O–H groups in total. The number of rotatable bonds is 6. The van der Waals surface area contributed by atoms with Crippen molar-refractivity contribution in [1.82, 2.24) is 0 Å². The van der Waals surface area contributed by atoms with Gasteiger partial charge in [0.1, 0.15) is 6.29 Å². The molecule has 66 valence electrons. The Morgan fingerprint density at radius 1 is 1.36 bits per heavy atom. The predicted molar refractivity (Wildman–Crippen MR) is 48.5 cm³/mol. The number of carbonyl (C=O) groups excluding carboxylic acids is 1. The number of carbonyl (C=O) groups is 1. The van der Waals surface area contributed by atoms with Crippen LogP contribution in [0.15, 0.2) is 0 Å². The van der Waals surface area contributed by atoms with E-state index in [0.717, 1.165) is 31.0 Å². The highest BCUT2D eigenvalue weighted by Crippen LogP contribution is 2.20. The highest BCUT2D eigenvalue weighted by atomic mass is 16.1. The average molecular weight is 156 g/mol. The molecular formula is C10H20O. The van der Waals surface area contributed by atoms with E-state index >= 15 is 0 Å². The highest BCUT2D eigenvalue weighted by molar-refractivity contribution is 5.48. The molecule has 1 unspecified atom stereocenters. The van der Waals surface area contributed by atoms with Gasteiger partial charge in [-0.05, 0) is 24.7 Å². The van der Waals surface area contributed by atoms with Gasteiger partial charge in [-0.25, -0.2) is 0 Å². The van der Waals surface area contributed by atoms with Gasteiger partial charge < -0.3 is 4.79 Å². The van der Waals surface area contributed by atoms with E-state index in [1.54, 1.807) is 0 Å². The molecule has 1 atom stereocenters. The third-order valence-corrected chi connectivity index (χ3v) is 2.36. The van der Waals surface area contributed by atoms with Crippen LogP contribution in [-0.2, 0) is 4.79 Å². The van der Waals surface area contributed by atoms with Gasteiger partial charge in [-0.3, -0.25) is 0 Å². The van der Waals surface area contributed by atoms with Crippen LogP contribution in [0.1, 0.15) is 46.5 Å². The highest BCUT2D eigenvalue weighted by Gasteiger charge is 2.09. The second-order valence-electron chi connectivity index (χ2n) is 3.51. The average Bonchev–Trinajstić information content (AvgIpc) is 1.97. The molecule has 0 spiro atoms. The van der Waals surface area contributed by atoms with Crippen molar-refractivity contribution in [2.45, 2.75) is 46.5 Å². The molecule has 0 aromatic heterocycles. The lowest BCUT2D eigenvalue weighted by atomic mass is 9.88. The molecule has 0 aliphatic heterocycles. The minimum atomic E-state index is 0.739. The van der Waals surface area contributed by atoms with Crippen molar-refractivity contribution >= 4 is 6.29 Å². The maximum absolute atomic E-state index is 10.0. The molecule has 0 aliphatic rings. The van der Waals surface area contributed by atoms with Gasteiger partial charge in [0.05, 0.1) is 0 Å². The lowest BCUT2D eigenvalue weighted by molar-refractivity contribution is -0.108. The lowest BCUT2D eigenvalue weighted by Gasteiger charge is -2.17. The summed E-state index contributed by atoms with van der Waals surface area (Å²) in [6, 6.07) is 0. The number of hydrogen-bond donors (Lipinski definition) is 0. The van der Waals surface area contributed by atoms with E-state index in [2.05, 4.69) is 20.8 Å². The zero-order valence-electron chi connectivity index (χ0n) is 7.97. The molecule has 0 radical (unpaired) electrons. The molecule has 0 heterocycles. The van der Waals surface area contributed by atoms with Gasteiger partial charge >= 0.3 is 0 Å². The van der Waals surface area contributed by atoms with Crippen molar-refractivity contribution < 1.29 is 4.79 Å². The van der Waals surface area contributed by atoms with Crippen LogP contribution in [0.25, 0.3) is 0 Å². The first-order chi connectivity index (χ1) is 5.22. The van der Waals surface area contributed by atoms with Crippen LogP contribution in [0.5, 0.6) is 0 Å². The Hall–Kier alpha value is -0.330. The van der Waals surface area contributed by atoms with Crippen LogP contribution < -0.4 is 0 Å². The van der Waals surface area contributed by atoms with Gasteiger partial charge in [0.2, 0.25) is 0 Å². The SMILES string of the molecule is CCC(CCCC=O)C(C)C. The van der Waals surface area contributed by atoms with E-state index in [4.69, 9.17) is 0 Å². The standard InChI is InChI=1S/C10H20O/c1-4-10(9(2)3)7-5-6-8-11/h8-10H,4-7H2,1-3H3. The molecule has 1 heteroatoms. The molecule has 0 aromatic rings. The van der Waals surface area contributed by atoms with Crippen molar-refractivity contribution in [3.8, 4) is 0 Å². The Kier molecular flexibility index (Phi) is 6.19. The molecule has 1 nitrogen and oxygen atoms in total. The van der Waals surface area contributed by atoms with Crippen LogP contribution in [-0.4, -0.2) is 6.29 Å². The van der Waals surface area contributed by atoms with Gasteiger partial charge in [-0.1, -0.05) is 27.2 Å². The quantitative estimate of drug-likeness (QED) is 0.426. The van der Waals surface area contributed by atoms with E-state index in [0.29, 0.717) is 0 Å². The molecule has 0 amide bonds. The van der Waals surface area contributed by atoms with Crippen molar-refractivity contribution in [1.29, 1.82) is 0 Å². The monoisotopic (exact) mass is 156 g/mol. The maximum Gasteiger partial charge on any atom is 0.119 e. The Morgan fingerprint density at radius 3 is 2.36 bits per heavy atom. The lowest BCUT2D eigenvalue weighted by Crippen LogP contribution is -2.06. The van der Waals surface area contributed by atoms with Crippen LogP contribution in [0.2, 0.25) is 0 Å². The van der Waals surface area contributed by atoms with Crippen LogP contribution in [0.3, 0.4) is 0 Å². The van der Waals surface area contributed by atoms with E-state index < -0.39 is 0 Å². The second-order valence-corrected chi connectivity index (χ2v) is 3.51. The summed E-state index contributed by atoms with van der Waals surface area (Å²) in [6.07, 6.45) is 5.29. The molecule has 11 heavy (non-hydrogen) atoms. The van der Waals surface area contributed by atoms with E-state index in [-0.39, 0.29) is 0 Å². The second kappa shape index (κ2) is 6.38. The zero-order chi connectivity index (χ0) is 8.69. The Bertz CT molecular complexity index is 97.0. The summed E-state index contributed by atoms with van der Waals surface area (Å²) in [5.74, 6) is 1.58. The Morgan fingerprint density at radius 2 is 2.00 bits per heavy atom. The number of hydrogen-bond acceptors (Lipinski definition) is 1. The van der Waals surface area contributed by atoms with Crippen molar-refractivity contribution in [3.05, 3.63) is 0 Å². The van der Waals surface area contributed by atoms with Gasteiger partial charge in [-0.15, -0.1) is 0 Å². The minimum absolute atomic E-state index is 0.739. The van der Waals surface area contributed by atoms with Gasteiger partial charge in [0.25, 0.3) is 0 Å². The topological polar surface area (TPSA) is 17.1 Å². The van der Waals surface area contributed by atoms with Gasteiger partial charge in [-0.2, -0.15) is 0 Å². The van der Waals surface area contributed by atoms with Crippen molar-refractivity contribution in [2.75, 3.05) is 0 Å². The summed E-state index contributed by atoms with van der Waals surface area (Å²) in [7, 11) is 0. The molecule has 0 bridgehead atoms. The number of unbranched alkanes of at least 4 members (excludes halogenated alkanes) is 1. The molecule has 0 rings (SSSR count). The molecule has 0 saturated heterocycles. The summed E-state index contributed by atoms with van der Waals surface area (Å²) < 4.78 is 0. The van der Waals surface area contributed by atoms with Gasteiger partial charge in [0.15, 0.2) is 0 Å². The molecule has 0 saturated carbocycles. The van der Waals surface area contributed by atoms with E-state index in [1.165, 1.54) is 12.8 Å². The third kappa shape index (κ3) is 5.00. The molecular weight excluding hydrogens is 136 g/mol. The van der Waals surface area contributed by atoms with E-state index in [1.807, 2.05) is 0 Å². The first kappa shape index (κ1) is 10.7. The van der Waals surface area contributed by atoms with E-state index in [9.17, 15) is 4.79 Å². The first-order valence-corrected chi connectivity index (χ1v) is 4.66. The Labute approximate surface area is 70.2 Å². The van der Waals surface area contributed by atoms with Crippen LogP contribution in [0.4, 0.5) is 0 Å². The predicted octanol–water partition coefficient (Wildman–Crippen LogP) is 3.04. The third-order valence-electron chi connectivity index (χ3n) is 2.36. The Balaban J connectivity index is 3.43. The summed E-state index contributed by atoms with van der Waals surface area (Å²) in [6.45, 7) is 6.75. The number of aldehydes is 1. The maximum atomic E-state index is 10.0. The van der Waals surface area contributed by atoms with Crippen LogP contribution in [0, 0.1) is 11.8 Å². The zero-order valence-corrected chi connectivity index (χ0v) is 7.97. The fourth-order valence-electron chi connectivity index (χ4n) is 1.47. The fraction of sp³-hybridized carbons (Fsp3) is 0.900. The molecule has 0 aliphatic carbocycles. The summed E-state index contributed by atoms with van der Waals surface area (Å²) in [5, 5.41) is 0. The van der Waals surface area contributed by atoms with Gasteiger partial charge in [0, 0.05) is 6.42 Å². The summed E-state index contributed by atoms with van der Waals surface area (Å²) in [4.78, 5) is 10.0. The smallest absolute Gasteiger partial charge is 0.119 e. The molecule has 0 aromatic carbocycles. The largest absolute Gasteiger partial charge is 0.303 e. The van der Waals surface area contributed by atoms with Crippen molar-refractivity contribution in [3.63, 3.8) is 0 Å².